The fourth-order valence-corrected chi connectivity index (χ4v) is 5.27. The van der Waals surface area contributed by atoms with Gasteiger partial charge in [-0.3, -0.25) is 13.9 Å². The molecule has 2 aromatic carbocycles. The van der Waals surface area contributed by atoms with Crippen LogP contribution in [-0.4, -0.2) is 50.5 Å². The molecule has 0 aromatic heterocycles. The van der Waals surface area contributed by atoms with Crippen LogP contribution in [0, 0.1) is 5.92 Å². The van der Waals surface area contributed by atoms with Gasteiger partial charge in [0.05, 0.1) is 22.0 Å². The second kappa shape index (κ2) is 14.2. The van der Waals surface area contributed by atoms with Crippen LogP contribution in [0.15, 0.2) is 42.5 Å². The lowest BCUT2D eigenvalue weighted by atomic mass is 10.1. The molecule has 11 heteroatoms. The molecule has 0 radical (unpaired) electrons. The molecule has 204 valence electrons. The van der Waals surface area contributed by atoms with Gasteiger partial charge in [-0.2, -0.15) is 0 Å². The van der Waals surface area contributed by atoms with E-state index in [-0.39, 0.29) is 43.7 Å². The minimum Gasteiger partial charge on any atom is -0.354 e. The molecule has 2 amide bonds. The van der Waals surface area contributed by atoms with Gasteiger partial charge >= 0.3 is 0 Å². The van der Waals surface area contributed by atoms with Crippen LogP contribution in [0.4, 0.5) is 5.69 Å². The van der Waals surface area contributed by atoms with Crippen molar-refractivity contribution in [2.24, 2.45) is 5.92 Å². The average Bonchev–Trinajstić information content (AvgIpc) is 2.81. The van der Waals surface area contributed by atoms with Gasteiger partial charge in [-0.1, -0.05) is 67.7 Å². The molecule has 37 heavy (non-hydrogen) atoms. The predicted molar refractivity (Wildman–Crippen MR) is 152 cm³/mol. The van der Waals surface area contributed by atoms with Gasteiger partial charge in [-0.25, -0.2) is 8.42 Å². The zero-order valence-corrected chi connectivity index (χ0v) is 24.6. The summed E-state index contributed by atoms with van der Waals surface area (Å²) in [5.41, 5.74) is 1.16. The van der Waals surface area contributed by atoms with Crippen molar-refractivity contribution in [3.8, 4) is 0 Å². The number of anilines is 1. The smallest absolute Gasteiger partial charge is 0.242 e. The van der Waals surface area contributed by atoms with Gasteiger partial charge < -0.3 is 10.2 Å². The number of halogens is 3. The second-order valence-electron chi connectivity index (χ2n) is 9.25. The van der Waals surface area contributed by atoms with Gasteiger partial charge in [0.25, 0.3) is 0 Å². The number of amides is 2. The van der Waals surface area contributed by atoms with E-state index in [0.717, 1.165) is 11.8 Å². The largest absolute Gasteiger partial charge is 0.354 e. The molecule has 0 heterocycles. The third kappa shape index (κ3) is 9.67. The van der Waals surface area contributed by atoms with Crippen molar-refractivity contribution in [2.45, 2.75) is 52.6 Å². The first-order valence-electron chi connectivity index (χ1n) is 12.1. The highest BCUT2D eigenvalue weighted by molar-refractivity contribution is 7.92. The normalized spacial score (nSPS) is 12.3. The molecule has 1 atom stereocenters. The maximum atomic E-state index is 13.5. The zero-order valence-electron chi connectivity index (χ0n) is 21.5. The molecule has 0 aliphatic heterocycles. The molecule has 2 rings (SSSR count). The van der Waals surface area contributed by atoms with Gasteiger partial charge in [-0.15, -0.1) is 0 Å². The second-order valence-corrected chi connectivity index (χ2v) is 12.4. The molecule has 2 aromatic rings. The molecule has 0 aliphatic carbocycles. The summed E-state index contributed by atoms with van der Waals surface area (Å²) >= 11 is 18.3. The summed E-state index contributed by atoms with van der Waals surface area (Å²) in [7, 11) is -3.60. The summed E-state index contributed by atoms with van der Waals surface area (Å²) in [5, 5.41) is 4.08. The minimum absolute atomic E-state index is 0.0435. The number of nitrogens with one attached hydrogen (secondary N) is 1. The Morgan fingerprint density at radius 2 is 1.73 bits per heavy atom. The van der Waals surface area contributed by atoms with Crippen molar-refractivity contribution in [1.29, 1.82) is 0 Å². The summed E-state index contributed by atoms with van der Waals surface area (Å²) in [5.74, 6) is -0.243. The molecular weight excluding hydrogens is 557 g/mol. The Morgan fingerprint density at radius 3 is 2.30 bits per heavy atom. The predicted octanol–water partition coefficient (Wildman–Crippen LogP) is 5.77. The third-order valence-corrected chi connectivity index (χ3v) is 7.82. The van der Waals surface area contributed by atoms with E-state index in [9.17, 15) is 18.0 Å². The van der Waals surface area contributed by atoms with Crippen LogP contribution in [-0.2, 0) is 26.2 Å². The highest BCUT2D eigenvalue weighted by Crippen LogP contribution is 2.25. The van der Waals surface area contributed by atoms with Crippen molar-refractivity contribution in [1.82, 2.24) is 10.2 Å². The molecule has 0 spiro atoms. The van der Waals surface area contributed by atoms with E-state index in [1.54, 1.807) is 42.5 Å². The van der Waals surface area contributed by atoms with Crippen molar-refractivity contribution in [2.75, 3.05) is 23.7 Å². The number of carbonyl (C=O) groups is 2. The molecule has 0 fully saturated rings. The summed E-state index contributed by atoms with van der Waals surface area (Å²) < 4.78 is 26.1. The third-order valence-electron chi connectivity index (χ3n) is 5.66. The van der Waals surface area contributed by atoms with Crippen LogP contribution in [0.2, 0.25) is 15.1 Å². The van der Waals surface area contributed by atoms with Crippen LogP contribution >= 0.6 is 34.8 Å². The van der Waals surface area contributed by atoms with Crippen molar-refractivity contribution in [3.05, 3.63) is 63.1 Å². The minimum atomic E-state index is -3.60. The number of hydrogen-bond acceptors (Lipinski definition) is 4. The zero-order chi connectivity index (χ0) is 27.8. The Balaban J connectivity index is 2.24. The summed E-state index contributed by atoms with van der Waals surface area (Å²) in [6.45, 7) is 6.57. The number of nitrogens with zero attached hydrogens (tertiary/aromatic N) is 2. The molecule has 0 unspecified atom stereocenters. The van der Waals surface area contributed by atoms with Crippen LogP contribution < -0.4 is 9.62 Å². The molecular formula is C26H34Cl3N3O4S. The summed E-state index contributed by atoms with van der Waals surface area (Å²) in [6, 6.07) is 10.9. The fourth-order valence-electron chi connectivity index (χ4n) is 3.81. The number of rotatable bonds is 13. The van der Waals surface area contributed by atoms with Gasteiger partial charge in [0.15, 0.2) is 0 Å². The van der Waals surface area contributed by atoms with Crippen LogP contribution in [0.3, 0.4) is 0 Å². The topological polar surface area (TPSA) is 86.8 Å². The number of carbonyl (C=O) groups excluding carboxylic acids is 2. The van der Waals surface area contributed by atoms with Crippen LogP contribution in [0.25, 0.3) is 0 Å². The quantitative estimate of drug-likeness (QED) is 0.321. The Labute approximate surface area is 235 Å². The van der Waals surface area contributed by atoms with Crippen LogP contribution in [0.5, 0.6) is 0 Å². The SMILES string of the molecule is CC[C@@H](C(=O)NCC(C)C)N(Cc1ccc(Cl)c(Cl)c1)C(=O)CCCN(c1cccc(Cl)c1)S(C)(=O)=O. The molecule has 0 saturated carbocycles. The number of sulfonamides is 1. The van der Waals surface area contributed by atoms with Crippen LogP contribution in [0.1, 0.15) is 45.6 Å². The van der Waals surface area contributed by atoms with Crippen molar-refractivity contribution >= 4 is 62.3 Å². The monoisotopic (exact) mass is 589 g/mol. The Kier molecular flexibility index (Phi) is 12.0. The highest BCUT2D eigenvalue weighted by atomic mass is 35.5. The van der Waals surface area contributed by atoms with E-state index < -0.39 is 16.1 Å². The first-order valence-corrected chi connectivity index (χ1v) is 15.1. The molecule has 7 nitrogen and oxygen atoms in total. The van der Waals surface area contributed by atoms with Gasteiger partial charge in [-0.05, 0) is 54.7 Å². The maximum absolute atomic E-state index is 13.5. The van der Waals surface area contributed by atoms with Gasteiger partial charge in [0.1, 0.15) is 6.04 Å². The van der Waals surface area contributed by atoms with Crippen molar-refractivity contribution < 1.29 is 18.0 Å². The Morgan fingerprint density at radius 1 is 1.03 bits per heavy atom. The fraction of sp³-hybridized carbons (Fsp3) is 0.462. The van der Waals surface area contributed by atoms with E-state index in [1.807, 2.05) is 20.8 Å². The Bertz CT molecular complexity index is 1190. The van der Waals surface area contributed by atoms with Crippen molar-refractivity contribution in [3.63, 3.8) is 0 Å². The van der Waals surface area contributed by atoms with E-state index in [2.05, 4.69) is 5.32 Å². The lowest BCUT2D eigenvalue weighted by Gasteiger charge is -2.31. The lowest BCUT2D eigenvalue weighted by Crippen LogP contribution is -2.49. The first kappa shape index (κ1) is 31.2. The summed E-state index contributed by atoms with van der Waals surface area (Å²) in [4.78, 5) is 28.0. The lowest BCUT2D eigenvalue weighted by molar-refractivity contribution is -0.141. The van der Waals surface area contributed by atoms with E-state index >= 15 is 0 Å². The van der Waals surface area contributed by atoms with Gasteiger partial charge in [0, 0.05) is 31.1 Å². The van der Waals surface area contributed by atoms with E-state index in [0.29, 0.717) is 33.7 Å². The van der Waals surface area contributed by atoms with E-state index in [1.165, 1.54) is 9.21 Å². The molecule has 0 saturated heterocycles. The number of benzene rings is 2. The molecule has 1 N–H and O–H groups in total. The highest BCUT2D eigenvalue weighted by Gasteiger charge is 2.29. The first-order chi connectivity index (χ1) is 17.3. The molecule has 0 aliphatic rings. The maximum Gasteiger partial charge on any atom is 0.242 e. The standard InChI is InChI=1S/C26H34Cl3N3O4S/c1-5-24(26(34)30-16-18(2)3)31(17-19-11-12-22(28)23(29)14-19)25(33)10-7-13-32(37(4,35)36)21-9-6-8-20(27)15-21/h6,8-9,11-12,14-15,18,24H,5,7,10,13,16-17H2,1-4H3,(H,30,34)/t24-/m0/s1. The summed E-state index contributed by atoms with van der Waals surface area (Å²) in [6.07, 6.45) is 1.82. The average molecular weight is 591 g/mol. The molecule has 0 bridgehead atoms. The number of hydrogen-bond donors (Lipinski definition) is 1. The Hall–Kier alpha value is -2.00. The van der Waals surface area contributed by atoms with Gasteiger partial charge in [0.2, 0.25) is 21.8 Å². The van der Waals surface area contributed by atoms with E-state index in [4.69, 9.17) is 34.8 Å².